The van der Waals surface area contributed by atoms with Gasteiger partial charge in [-0.2, -0.15) is 15.6 Å². The number of hydrogen-bond acceptors (Lipinski definition) is 4. The van der Waals surface area contributed by atoms with E-state index in [0.717, 1.165) is 24.4 Å². The van der Waals surface area contributed by atoms with E-state index < -0.39 is 0 Å². The second-order valence-corrected chi connectivity index (χ2v) is 5.13. The van der Waals surface area contributed by atoms with Gasteiger partial charge in [-0.05, 0) is 24.3 Å². The average Bonchev–Trinajstić information content (AvgIpc) is 3.09. The van der Waals surface area contributed by atoms with Crippen LogP contribution < -0.4 is 5.01 Å². The molecule has 0 N–H and O–H groups in total. The zero-order valence-electron chi connectivity index (χ0n) is 12.5. The summed E-state index contributed by atoms with van der Waals surface area (Å²) in [5.74, 6) is 0. The molecule has 110 valence electrons. The van der Waals surface area contributed by atoms with Gasteiger partial charge in [0.15, 0.2) is 0 Å². The van der Waals surface area contributed by atoms with Crippen LogP contribution in [0.4, 0.5) is 5.69 Å². The Morgan fingerprint density at radius 2 is 1.78 bits per heavy atom. The number of allylic oxidation sites excluding steroid dienone is 2. The minimum Gasteiger partial charge on any atom is -0.265 e. The highest BCUT2D eigenvalue weighted by molar-refractivity contribution is 6.05. The number of benzene rings is 2. The summed E-state index contributed by atoms with van der Waals surface area (Å²) in [6.45, 7) is 0.786. The molecular formula is C19H14N4. The van der Waals surface area contributed by atoms with E-state index in [1.165, 1.54) is 0 Å². The van der Waals surface area contributed by atoms with Gasteiger partial charge in [0.25, 0.3) is 0 Å². The number of hydrogen-bond donors (Lipinski definition) is 0. The first-order chi connectivity index (χ1) is 11.3. The van der Waals surface area contributed by atoms with E-state index in [9.17, 15) is 10.5 Å². The Morgan fingerprint density at radius 1 is 1.04 bits per heavy atom. The molecule has 1 heterocycles. The maximum Gasteiger partial charge on any atom is 0.0999 e. The van der Waals surface area contributed by atoms with E-state index in [0.29, 0.717) is 16.7 Å². The summed E-state index contributed by atoms with van der Waals surface area (Å²) in [7, 11) is 0. The first-order valence-electron chi connectivity index (χ1n) is 7.33. The molecule has 0 fully saturated rings. The lowest BCUT2D eigenvalue weighted by Crippen LogP contribution is -2.11. The van der Waals surface area contributed by atoms with E-state index in [-0.39, 0.29) is 0 Å². The molecule has 0 unspecified atom stereocenters. The zero-order valence-corrected chi connectivity index (χ0v) is 12.5. The van der Waals surface area contributed by atoms with Crippen molar-refractivity contribution in [1.29, 1.82) is 10.5 Å². The van der Waals surface area contributed by atoms with Crippen molar-refractivity contribution in [1.82, 2.24) is 0 Å². The summed E-state index contributed by atoms with van der Waals surface area (Å²) in [5, 5.41) is 25.1. The van der Waals surface area contributed by atoms with E-state index in [1.807, 2.05) is 41.4 Å². The molecule has 1 aliphatic heterocycles. The highest BCUT2D eigenvalue weighted by atomic mass is 15.5. The molecule has 0 bridgehead atoms. The molecule has 4 nitrogen and oxygen atoms in total. The summed E-state index contributed by atoms with van der Waals surface area (Å²) in [6.07, 6.45) is 2.55. The van der Waals surface area contributed by atoms with Crippen LogP contribution in [-0.4, -0.2) is 12.3 Å². The van der Waals surface area contributed by atoms with Gasteiger partial charge in [0, 0.05) is 18.5 Å². The minimum absolute atomic E-state index is 0.468. The Bertz CT molecular complexity index is 851. The molecule has 2 aromatic rings. The molecule has 0 amide bonds. The average molecular weight is 298 g/mol. The molecular weight excluding hydrogens is 284 g/mol. The van der Waals surface area contributed by atoms with Gasteiger partial charge in [0.1, 0.15) is 0 Å². The molecule has 0 spiro atoms. The molecule has 0 saturated carbocycles. The maximum absolute atomic E-state index is 9.45. The van der Waals surface area contributed by atoms with Gasteiger partial charge in [0.05, 0.1) is 34.7 Å². The zero-order chi connectivity index (χ0) is 16.1. The molecule has 0 aromatic heterocycles. The monoisotopic (exact) mass is 298 g/mol. The van der Waals surface area contributed by atoms with Crippen LogP contribution >= 0.6 is 0 Å². The third-order valence-electron chi connectivity index (χ3n) is 3.65. The molecule has 0 radical (unpaired) electrons. The second-order valence-electron chi connectivity index (χ2n) is 5.13. The predicted molar refractivity (Wildman–Crippen MR) is 90.6 cm³/mol. The number of nitriles is 2. The van der Waals surface area contributed by atoms with Crippen LogP contribution in [-0.2, 0) is 0 Å². The van der Waals surface area contributed by atoms with Crippen molar-refractivity contribution in [2.45, 2.75) is 6.42 Å². The molecule has 0 aliphatic carbocycles. The Hall–Kier alpha value is -3.37. The molecule has 2 aromatic carbocycles. The number of rotatable bonds is 3. The minimum atomic E-state index is 0.468. The molecule has 4 heteroatoms. The van der Waals surface area contributed by atoms with Crippen LogP contribution in [0.2, 0.25) is 0 Å². The molecule has 0 saturated heterocycles. The van der Waals surface area contributed by atoms with Gasteiger partial charge in [-0.3, -0.25) is 5.01 Å². The second kappa shape index (κ2) is 6.60. The fraction of sp³-hybridized carbons (Fsp3) is 0.105. The fourth-order valence-corrected chi connectivity index (χ4v) is 2.52. The van der Waals surface area contributed by atoms with Crippen LogP contribution in [0, 0.1) is 22.7 Å². The highest BCUT2D eigenvalue weighted by Crippen LogP contribution is 2.22. The summed E-state index contributed by atoms with van der Waals surface area (Å²) in [4.78, 5) is 0. The van der Waals surface area contributed by atoms with Crippen molar-refractivity contribution in [3.63, 3.8) is 0 Å². The standard InChI is InChI=1S/C19H14N4/c20-13-15-6-4-5-9-19(15)16(14-21)12-17-10-11-23(22-17)18-7-2-1-3-8-18/h1-9,12H,10-11H2/b16-12+. The van der Waals surface area contributed by atoms with E-state index in [2.05, 4.69) is 17.2 Å². The largest absolute Gasteiger partial charge is 0.265 e. The van der Waals surface area contributed by atoms with Crippen molar-refractivity contribution in [3.8, 4) is 12.1 Å². The molecule has 1 aliphatic rings. The van der Waals surface area contributed by atoms with Gasteiger partial charge in [-0.1, -0.05) is 36.4 Å². The maximum atomic E-state index is 9.45. The van der Waals surface area contributed by atoms with Crippen molar-refractivity contribution >= 4 is 17.0 Å². The normalized spacial score (nSPS) is 14.1. The van der Waals surface area contributed by atoms with Crippen molar-refractivity contribution in [2.24, 2.45) is 5.10 Å². The first-order valence-corrected chi connectivity index (χ1v) is 7.33. The molecule has 0 atom stereocenters. The summed E-state index contributed by atoms with van der Waals surface area (Å²) in [6, 6.07) is 21.4. The van der Waals surface area contributed by atoms with Gasteiger partial charge in [0.2, 0.25) is 0 Å². The topological polar surface area (TPSA) is 63.2 Å². The third-order valence-corrected chi connectivity index (χ3v) is 3.65. The quantitative estimate of drug-likeness (QED) is 0.811. The number of anilines is 1. The number of nitrogens with zero attached hydrogens (tertiary/aromatic N) is 4. The van der Waals surface area contributed by atoms with Crippen molar-refractivity contribution in [3.05, 3.63) is 71.8 Å². The lowest BCUT2D eigenvalue weighted by Gasteiger charge is -2.12. The fourth-order valence-electron chi connectivity index (χ4n) is 2.52. The summed E-state index contributed by atoms with van der Waals surface area (Å²) < 4.78 is 0. The Balaban J connectivity index is 1.91. The number of para-hydroxylation sites is 1. The molecule has 23 heavy (non-hydrogen) atoms. The highest BCUT2D eigenvalue weighted by Gasteiger charge is 2.16. The first kappa shape index (κ1) is 14.6. The van der Waals surface area contributed by atoms with E-state index >= 15 is 0 Å². The van der Waals surface area contributed by atoms with Crippen LogP contribution in [0.3, 0.4) is 0 Å². The number of hydrazone groups is 1. The van der Waals surface area contributed by atoms with E-state index in [1.54, 1.807) is 24.3 Å². The lowest BCUT2D eigenvalue weighted by atomic mass is 10.00. The van der Waals surface area contributed by atoms with Gasteiger partial charge >= 0.3 is 0 Å². The van der Waals surface area contributed by atoms with Crippen molar-refractivity contribution in [2.75, 3.05) is 11.6 Å². The smallest absolute Gasteiger partial charge is 0.0999 e. The van der Waals surface area contributed by atoms with Crippen LogP contribution in [0.5, 0.6) is 0 Å². The summed E-state index contributed by atoms with van der Waals surface area (Å²) >= 11 is 0. The lowest BCUT2D eigenvalue weighted by molar-refractivity contribution is 0.922. The van der Waals surface area contributed by atoms with Crippen molar-refractivity contribution < 1.29 is 0 Å². The SMILES string of the molecule is N#C/C(=C\C1=NN(c2ccccc2)CC1)c1ccccc1C#N. The Morgan fingerprint density at radius 3 is 2.52 bits per heavy atom. The Labute approximate surface area is 135 Å². The van der Waals surface area contributed by atoms with E-state index in [4.69, 9.17) is 0 Å². The predicted octanol–water partition coefficient (Wildman–Crippen LogP) is 3.73. The van der Waals surface area contributed by atoms with Gasteiger partial charge < -0.3 is 0 Å². The van der Waals surface area contributed by atoms with Crippen LogP contribution in [0.1, 0.15) is 17.5 Å². The van der Waals surface area contributed by atoms with Crippen LogP contribution in [0.15, 0.2) is 65.8 Å². The van der Waals surface area contributed by atoms with Gasteiger partial charge in [-0.15, -0.1) is 0 Å². The summed E-state index contributed by atoms with van der Waals surface area (Å²) in [5.41, 5.74) is 3.50. The molecule has 3 rings (SSSR count). The van der Waals surface area contributed by atoms with Crippen LogP contribution in [0.25, 0.3) is 5.57 Å². The van der Waals surface area contributed by atoms with Gasteiger partial charge in [-0.25, -0.2) is 0 Å². The third kappa shape index (κ3) is 3.12. The Kier molecular flexibility index (Phi) is 4.18.